The molecule has 1 unspecified atom stereocenters. The van der Waals surface area contributed by atoms with Gasteiger partial charge >= 0.3 is 0 Å². The molecule has 3 heteroatoms. The summed E-state index contributed by atoms with van der Waals surface area (Å²) < 4.78 is 0. The standard InChI is InChI=1S/C4H8ClNO/c1-3(2-5)4(6)7/h3H,2H2,1H3,(H2,6,7). The Morgan fingerprint density at radius 3 is 2.43 bits per heavy atom. The van der Waals surface area contributed by atoms with Crippen molar-refractivity contribution in [1.29, 1.82) is 0 Å². The van der Waals surface area contributed by atoms with Crippen molar-refractivity contribution < 1.29 is 4.79 Å². The molecule has 0 saturated heterocycles. The summed E-state index contributed by atoms with van der Waals surface area (Å²) in [6, 6.07) is 0. The number of primary amides is 1. The van der Waals surface area contributed by atoms with E-state index in [0.29, 0.717) is 5.88 Å². The summed E-state index contributed by atoms with van der Waals surface area (Å²) in [4.78, 5) is 10.1. The number of hydrogen-bond donors (Lipinski definition) is 1. The molecule has 0 fully saturated rings. The number of carbonyl (C=O) groups is 1. The zero-order chi connectivity index (χ0) is 5.86. The highest BCUT2D eigenvalue weighted by Crippen LogP contribution is 1.93. The van der Waals surface area contributed by atoms with Gasteiger partial charge in [0.2, 0.25) is 5.91 Å². The van der Waals surface area contributed by atoms with Crippen LogP contribution in [0.15, 0.2) is 0 Å². The fourth-order valence-corrected chi connectivity index (χ4v) is 0.228. The quantitative estimate of drug-likeness (QED) is 0.527. The van der Waals surface area contributed by atoms with Crippen LogP contribution in [0.25, 0.3) is 0 Å². The molecule has 2 nitrogen and oxygen atoms in total. The lowest BCUT2D eigenvalue weighted by atomic mass is 10.2. The molecule has 0 aliphatic heterocycles. The van der Waals surface area contributed by atoms with Gasteiger partial charge in [0.15, 0.2) is 0 Å². The minimum absolute atomic E-state index is 0.193. The fraction of sp³-hybridized carbons (Fsp3) is 0.750. The van der Waals surface area contributed by atoms with Gasteiger partial charge in [0, 0.05) is 11.8 Å². The summed E-state index contributed by atoms with van der Waals surface area (Å²) in [6.07, 6.45) is 0. The van der Waals surface area contributed by atoms with Crippen LogP contribution in [0.2, 0.25) is 0 Å². The number of halogens is 1. The first kappa shape index (κ1) is 6.76. The third-order valence-corrected chi connectivity index (χ3v) is 1.18. The lowest BCUT2D eigenvalue weighted by Crippen LogP contribution is -2.21. The van der Waals surface area contributed by atoms with Gasteiger partial charge in [-0.2, -0.15) is 0 Å². The monoisotopic (exact) mass is 121 g/mol. The lowest BCUT2D eigenvalue weighted by Gasteiger charge is -1.96. The van der Waals surface area contributed by atoms with Crippen LogP contribution < -0.4 is 5.73 Å². The Hall–Kier alpha value is -0.240. The van der Waals surface area contributed by atoms with Gasteiger partial charge in [-0.15, -0.1) is 11.6 Å². The molecule has 0 saturated carbocycles. The second-order valence-corrected chi connectivity index (χ2v) is 1.77. The summed E-state index contributed by atoms with van der Waals surface area (Å²) in [7, 11) is 0. The Labute approximate surface area is 47.6 Å². The molecule has 1 atom stereocenters. The summed E-state index contributed by atoms with van der Waals surface area (Å²) in [5.74, 6) is -0.216. The van der Waals surface area contributed by atoms with E-state index in [2.05, 4.69) is 0 Å². The van der Waals surface area contributed by atoms with Gasteiger partial charge in [0.25, 0.3) is 0 Å². The van der Waals surface area contributed by atoms with E-state index in [0.717, 1.165) is 0 Å². The van der Waals surface area contributed by atoms with Gasteiger partial charge in [-0.05, 0) is 0 Å². The van der Waals surface area contributed by atoms with Crippen molar-refractivity contribution in [2.75, 3.05) is 5.88 Å². The van der Waals surface area contributed by atoms with Gasteiger partial charge in [-0.1, -0.05) is 6.92 Å². The Morgan fingerprint density at radius 2 is 2.43 bits per heavy atom. The highest BCUT2D eigenvalue weighted by atomic mass is 35.5. The molecule has 0 bridgehead atoms. The zero-order valence-electron chi connectivity index (χ0n) is 4.15. The molecule has 0 aliphatic carbocycles. The highest BCUT2D eigenvalue weighted by molar-refractivity contribution is 6.19. The molecule has 0 aromatic heterocycles. The number of nitrogens with two attached hydrogens (primary N) is 1. The first-order valence-corrected chi connectivity index (χ1v) is 2.57. The summed E-state index contributed by atoms with van der Waals surface area (Å²) in [5, 5.41) is 0. The molecule has 0 aliphatic rings. The van der Waals surface area contributed by atoms with E-state index in [9.17, 15) is 4.79 Å². The maximum absolute atomic E-state index is 10.1. The van der Waals surface area contributed by atoms with Gasteiger partial charge in [0.1, 0.15) is 0 Å². The molecule has 0 radical (unpaired) electrons. The number of amides is 1. The first-order valence-electron chi connectivity index (χ1n) is 2.03. The molecule has 0 aromatic rings. The number of hydrogen-bond acceptors (Lipinski definition) is 1. The van der Waals surface area contributed by atoms with E-state index in [4.69, 9.17) is 17.3 Å². The number of carbonyl (C=O) groups excluding carboxylic acids is 1. The SMILES string of the molecule is CC(CCl)C(N)=O. The van der Waals surface area contributed by atoms with Crippen molar-refractivity contribution in [1.82, 2.24) is 0 Å². The Morgan fingerprint density at radius 1 is 2.00 bits per heavy atom. The van der Waals surface area contributed by atoms with E-state index in [1.54, 1.807) is 6.92 Å². The van der Waals surface area contributed by atoms with Crippen molar-refractivity contribution in [3.8, 4) is 0 Å². The second-order valence-electron chi connectivity index (χ2n) is 1.46. The van der Waals surface area contributed by atoms with E-state index in [-0.39, 0.29) is 11.8 Å². The van der Waals surface area contributed by atoms with Crippen LogP contribution in [0.4, 0.5) is 0 Å². The van der Waals surface area contributed by atoms with E-state index in [1.807, 2.05) is 0 Å². The topological polar surface area (TPSA) is 43.1 Å². The van der Waals surface area contributed by atoms with Crippen LogP contribution in [-0.4, -0.2) is 11.8 Å². The van der Waals surface area contributed by atoms with Crippen LogP contribution in [0.3, 0.4) is 0 Å². The van der Waals surface area contributed by atoms with Crippen molar-refractivity contribution in [3.63, 3.8) is 0 Å². The van der Waals surface area contributed by atoms with Crippen molar-refractivity contribution >= 4 is 17.5 Å². The predicted octanol–water partition coefficient (Wildman–Crippen LogP) is 0.347. The van der Waals surface area contributed by atoms with Gasteiger partial charge in [-0.25, -0.2) is 0 Å². The molecule has 2 N–H and O–H groups in total. The van der Waals surface area contributed by atoms with Crippen molar-refractivity contribution in [2.24, 2.45) is 11.7 Å². The molecule has 0 aromatic carbocycles. The molecule has 0 heterocycles. The summed E-state index contributed by atoms with van der Waals surface area (Å²) in [6.45, 7) is 1.69. The Kier molecular flexibility index (Phi) is 2.76. The maximum atomic E-state index is 10.1. The van der Waals surface area contributed by atoms with E-state index in [1.165, 1.54) is 0 Å². The first-order chi connectivity index (χ1) is 3.18. The third kappa shape index (κ3) is 2.45. The highest BCUT2D eigenvalue weighted by Gasteiger charge is 2.03. The van der Waals surface area contributed by atoms with Crippen LogP contribution in [0, 0.1) is 5.92 Å². The van der Waals surface area contributed by atoms with E-state index < -0.39 is 0 Å². The Balaban J connectivity index is 3.34. The van der Waals surface area contributed by atoms with Crippen molar-refractivity contribution in [2.45, 2.75) is 6.92 Å². The third-order valence-electron chi connectivity index (χ3n) is 0.717. The molecule has 42 valence electrons. The zero-order valence-corrected chi connectivity index (χ0v) is 4.90. The summed E-state index contributed by atoms with van der Waals surface area (Å²) in [5.41, 5.74) is 4.82. The average Bonchev–Trinajstić information content (AvgIpc) is 1.65. The van der Waals surface area contributed by atoms with Gasteiger partial charge in [0.05, 0.1) is 0 Å². The lowest BCUT2D eigenvalue weighted by molar-refractivity contribution is -0.120. The van der Waals surface area contributed by atoms with Crippen LogP contribution >= 0.6 is 11.6 Å². The molecule has 0 rings (SSSR count). The van der Waals surface area contributed by atoms with Crippen LogP contribution in [-0.2, 0) is 4.79 Å². The predicted molar refractivity (Wildman–Crippen MR) is 29.1 cm³/mol. The smallest absolute Gasteiger partial charge is 0.221 e. The van der Waals surface area contributed by atoms with E-state index >= 15 is 0 Å². The molecular formula is C4H8ClNO. The largest absolute Gasteiger partial charge is 0.369 e. The normalized spacial score (nSPS) is 13.4. The minimum Gasteiger partial charge on any atom is -0.369 e. The Bertz CT molecular complexity index is 74.1. The molecule has 7 heavy (non-hydrogen) atoms. The van der Waals surface area contributed by atoms with Crippen LogP contribution in [0.1, 0.15) is 6.92 Å². The molecule has 0 spiro atoms. The average molecular weight is 122 g/mol. The molecule has 1 amide bonds. The fourth-order valence-electron chi connectivity index (χ4n) is 0.0760. The molecular weight excluding hydrogens is 114 g/mol. The number of alkyl halides is 1. The van der Waals surface area contributed by atoms with Crippen LogP contribution in [0.5, 0.6) is 0 Å². The second kappa shape index (κ2) is 2.86. The maximum Gasteiger partial charge on any atom is 0.221 e. The number of rotatable bonds is 2. The van der Waals surface area contributed by atoms with Gasteiger partial charge in [-0.3, -0.25) is 4.79 Å². The van der Waals surface area contributed by atoms with Gasteiger partial charge < -0.3 is 5.73 Å². The van der Waals surface area contributed by atoms with Crippen molar-refractivity contribution in [3.05, 3.63) is 0 Å². The summed E-state index contributed by atoms with van der Waals surface area (Å²) >= 11 is 5.25. The minimum atomic E-state index is -0.338.